The van der Waals surface area contributed by atoms with Crippen LogP contribution in [0, 0.1) is 0 Å². The summed E-state index contributed by atoms with van der Waals surface area (Å²) in [6.45, 7) is 3.65. The highest BCUT2D eigenvalue weighted by Gasteiger charge is 2.18. The molecule has 1 N–H and O–H groups in total. The maximum absolute atomic E-state index is 11.6. The molecule has 1 amide bonds. The van der Waals surface area contributed by atoms with Gasteiger partial charge in [-0.3, -0.25) is 4.79 Å². The Morgan fingerprint density at radius 1 is 1.56 bits per heavy atom. The lowest BCUT2D eigenvalue weighted by molar-refractivity contribution is -0.129. The molecule has 100 valence electrons. The lowest BCUT2D eigenvalue weighted by atomic mass is 10.3. The zero-order valence-corrected chi connectivity index (χ0v) is 10.9. The molecule has 7 nitrogen and oxygen atoms in total. The molecule has 7 heteroatoms. The monoisotopic (exact) mass is 255 g/mol. The van der Waals surface area contributed by atoms with Crippen molar-refractivity contribution in [3.8, 4) is 0 Å². The molecule has 1 unspecified atom stereocenters. The molecule has 18 heavy (non-hydrogen) atoms. The topological polar surface area (TPSA) is 84.7 Å². The summed E-state index contributed by atoms with van der Waals surface area (Å²) in [7, 11) is 3.31. The maximum Gasteiger partial charge on any atom is 0.360 e. The van der Waals surface area contributed by atoms with Crippen LogP contribution in [0.1, 0.15) is 24.3 Å². The maximum atomic E-state index is 11.6. The minimum absolute atomic E-state index is 0.0730. The second-order valence-corrected chi connectivity index (χ2v) is 3.86. The summed E-state index contributed by atoms with van der Waals surface area (Å²) >= 11 is 0. The summed E-state index contributed by atoms with van der Waals surface area (Å²) in [5, 5.41) is 2.76. The van der Waals surface area contributed by atoms with Crippen LogP contribution in [-0.2, 0) is 9.53 Å². The number of carbonyl (C=O) groups is 2. The number of hydrogen-bond acceptors (Lipinski definition) is 6. The summed E-state index contributed by atoms with van der Waals surface area (Å²) in [6, 6.07) is -0.380. The highest BCUT2D eigenvalue weighted by molar-refractivity contribution is 5.87. The van der Waals surface area contributed by atoms with E-state index in [1.165, 1.54) is 11.2 Å². The molecule has 0 saturated heterocycles. The van der Waals surface area contributed by atoms with Crippen LogP contribution in [0.25, 0.3) is 0 Å². The molecular weight excluding hydrogens is 238 g/mol. The highest BCUT2D eigenvalue weighted by Crippen LogP contribution is 2.10. The van der Waals surface area contributed by atoms with Crippen LogP contribution < -0.4 is 5.32 Å². The summed E-state index contributed by atoms with van der Waals surface area (Å²) in [5.74, 6) is -0.674. The first-order valence-electron chi connectivity index (χ1n) is 5.56. The Kier molecular flexibility index (Phi) is 4.70. The molecule has 1 heterocycles. The number of esters is 1. The van der Waals surface area contributed by atoms with Crippen LogP contribution in [0.15, 0.2) is 10.7 Å². The quantitative estimate of drug-likeness (QED) is 0.781. The number of hydrogen-bond donors (Lipinski definition) is 1. The second kappa shape index (κ2) is 6.04. The summed E-state index contributed by atoms with van der Waals surface area (Å²) < 4.78 is 9.81. The fourth-order valence-electron chi connectivity index (χ4n) is 1.27. The zero-order valence-electron chi connectivity index (χ0n) is 10.9. The van der Waals surface area contributed by atoms with Gasteiger partial charge in [-0.25, -0.2) is 4.79 Å². The van der Waals surface area contributed by atoms with Crippen molar-refractivity contribution in [1.82, 2.24) is 9.88 Å². The van der Waals surface area contributed by atoms with E-state index < -0.39 is 12.0 Å². The first kappa shape index (κ1) is 14.0. The van der Waals surface area contributed by atoms with Crippen molar-refractivity contribution in [2.24, 2.45) is 0 Å². The SMILES string of the molecule is CCOC(=O)c1coc(NC(C)C(=O)N(C)C)n1. The number of ether oxygens (including phenoxy) is 1. The smallest absolute Gasteiger partial charge is 0.360 e. The van der Waals surface area contributed by atoms with Crippen molar-refractivity contribution in [2.45, 2.75) is 19.9 Å². The largest absolute Gasteiger partial charge is 0.461 e. The van der Waals surface area contributed by atoms with Gasteiger partial charge in [-0.2, -0.15) is 4.98 Å². The number of nitrogens with one attached hydrogen (secondary N) is 1. The van der Waals surface area contributed by atoms with E-state index >= 15 is 0 Å². The van der Waals surface area contributed by atoms with Crippen molar-refractivity contribution < 1.29 is 18.7 Å². The number of nitrogens with zero attached hydrogens (tertiary/aromatic N) is 2. The number of carbonyl (C=O) groups excluding carboxylic acids is 2. The molecule has 0 aliphatic carbocycles. The minimum Gasteiger partial charge on any atom is -0.461 e. The minimum atomic E-state index is -0.555. The van der Waals surface area contributed by atoms with Crippen molar-refractivity contribution in [1.29, 1.82) is 0 Å². The van der Waals surface area contributed by atoms with E-state index in [0.29, 0.717) is 0 Å². The third-order valence-electron chi connectivity index (χ3n) is 2.14. The standard InChI is InChI=1S/C11H17N3O4/c1-5-17-10(16)8-6-18-11(13-8)12-7(2)9(15)14(3)4/h6-7H,5H2,1-4H3,(H,12,13). The van der Waals surface area contributed by atoms with E-state index in [1.807, 2.05) is 0 Å². The molecule has 0 bridgehead atoms. The molecule has 1 aromatic rings. The molecule has 0 saturated carbocycles. The van der Waals surface area contributed by atoms with E-state index in [0.717, 1.165) is 0 Å². The van der Waals surface area contributed by atoms with Gasteiger partial charge in [0, 0.05) is 14.1 Å². The number of amides is 1. The Morgan fingerprint density at radius 3 is 2.78 bits per heavy atom. The third kappa shape index (κ3) is 3.47. The fourth-order valence-corrected chi connectivity index (χ4v) is 1.27. The van der Waals surface area contributed by atoms with Crippen LogP contribution in [0.3, 0.4) is 0 Å². The van der Waals surface area contributed by atoms with E-state index in [2.05, 4.69) is 10.3 Å². The van der Waals surface area contributed by atoms with Gasteiger partial charge in [0.1, 0.15) is 12.3 Å². The van der Waals surface area contributed by atoms with Gasteiger partial charge in [0.2, 0.25) is 5.91 Å². The molecule has 1 rings (SSSR count). The van der Waals surface area contributed by atoms with Gasteiger partial charge in [-0.05, 0) is 13.8 Å². The summed E-state index contributed by atoms with van der Waals surface area (Å²) in [4.78, 5) is 28.3. The van der Waals surface area contributed by atoms with Crippen LogP contribution in [0.5, 0.6) is 0 Å². The summed E-state index contributed by atoms with van der Waals surface area (Å²) in [6.07, 6.45) is 1.19. The lowest BCUT2D eigenvalue weighted by Gasteiger charge is -2.16. The normalized spacial score (nSPS) is 11.8. The predicted molar refractivity (Wildman–Crippen MR) is 64.2 cm³/mol. The van der Waals surface area contributed by atoms with Gasteiger partial charge < -0.3 is 19.4 Å². The van der Waals surface area contributed by atoms with Crippen molar-refractivity contribution >= 4 is 17.9 Å². The van der Waals surface area contributed by atoms with Gasteiger partial charge in [0.25, 0.3) is 6.01 Å². The van der Waals surface area contributed by atoms with Crippen LogP contribution >= 0.6 is 0 Å². The van der Waals surface area contributed by atoms with E-state index in [9.17, 15) is 9.59 Å². The van der Waals surface area contributed by atoms with Crippen LogP contribution in [0.2, 0.25) is 0 Å². The molecule has 0 aliphatic heterocycles. The second-order valence-electron chi connectivity index (χ2n) is 3.86. The Bertz CT molecular complexity index is 428. The lowest BCUT2D eigenvalue weighted by Crippen LogP contribution is -2.36. The van der Waals surface area contributed by atoms with Gasteiger partial charge in [-0.15, -0.1) is 0 Å². The Balaban J connectivity index is 2.64. The van der Waals surface area contributed by atoms with Crippen LogP contribution in [-0.4, -0.2) is 48.5 Å². The Labute approximate surface area is 105 Å². The zero-order chi connectivity index (χ0) is 13.7. The molecule has 0 fully saturated rings. The fraction of sp³-hybridized carbons (Fsp3) is 0.545. The number of anilines is 1. The summed E-state index contributed by atoms with van der Waals surface area (Å²) in [5.41, 5.74) is 0.0730. The molecule has 0 aliphatic rings. The number of likely N-dealkylation sites (N-methyl/N-ethyl adjacent to an activating group) is 1. The first-order chi connectivity index (χ1) is 8.45. The molecule has 0 spiro atoms. The van der Waals surface area contributed by atoms with Gasteiger partial charge in [0.05, 0.1) is 6.61 Å². The average Bonchev–Trinajstić information content (AvgIpc) is 2.76. The number of oxazole rings is 1. The van der Waals surface area contributed by atoms with E-state index in [-0.39, 0.29) is 24.2 Å². The predicted octanol–water partition coefficient (Wildman–Crippen LogP) is 0.740. The molecule has 1 atom stereocenters. The highest BCUT2D eigenvalue weighted by atomic mass is 16.5. The molecule has 1 aromatic heterocycles. The molecular formula is C11H17N3O4. The molecule has 0 aromatic carbocycles. The average molecular weight is 255 g/mol. The van der Waals surface area contributed by atoms with E-state index in [1.54, 1.807) is 27.9 Å². The van der Waals surface area contributed by atoms with Crippen molar-refractivity contribution in [3.63, 3.8) is 0 Å². The van der Waals surface area contributed by atoms with Gasteiger partial charge >= 0.3 is 5.97 Å². The van der Waals surface area contributed by atoms with Gasteiger partial charge in [-0.1, -0.05) is 0 Å². The number of rotatable bonds is 5. The number of aromatic nitrogens is 1. The Morgan fingerprint density at radius 2 is 2.22 bits per heavy atom. The van der Waals surface area contributed by atoms with Crippen LogP contribution in [0.4, 0.5) is 6.01 Å². The third-order valence-corrected chi connectivity index (χ3v) is 2.14. The first-order valence-corrected chi connectivity index (χ1v) is 5.56. The van der Waals surface area contributed by atoms with E-state index in [4.69, 9.17) is 9.15 Å². The molecule has 0 radical (unpaired) electrons. The van der Waals surface area contributed by atoms with Crippen molar-refractivity contribution in [2.75, 3.05) is 26.0 Å². The van der Waals surface area contributed by atoms with Gasteiger partial charge in [0.15, 0.2) is 5.69 Å². The Hall–Kier alpha value is -2.05. The van der Waals surface area contributed by atoms with Crippen molar-refractivity contribution in [3.05, 3.63) is 12.0 Å².